The van der Waals surface area contributed by atoms with Gasteiger partial charge in [0.15, 0.2) is 0 Å². The van der Waals surface area contributed by atoms with Gasteiger partial charge in [0.05, 0.1) is 6.61 Å². The van der Waals surface area contributed by atoms with Crippen LogP contribution in [0, 0.1) is 5.92 Å². The van der Waals surface area contributed by atoms with Crippen LogP contribution in [0.5, 0.6) is 5.75 Å². The molecule has 0 heterocycles. The van der Waals surface area contributed by atoms with Crippen LogP contribution in [0.25, 0.3) is 0 Å². The Kier molecular flexibility index (Phi) is 5.47. The first-order valence-corrected chi connectivity index (χ1v) is 7.25. The van der Waals surface area contributed by atoms with Crippen molar-refractivity contribution < 1.29 is 9.53 Å². The summed E-state index contributed by atoms with van der Waals surface area (Å²) in [5.41, 5.74) is 0.750. The maximum absolute atomic E-state index is 11.7. The van der Waals surface area contributed by atoms with E-state index < -0.39 is 0 Å². The Morgan fingerprint density at radius 3 is 2.65 bits per heavy atom. The van der Waals surface area contributed by atoms with Crippen LogP contribution in [-0.4, -0.2) is 12.6 Å². The second-order valence-corrected chi connectivity index (χ2v) is 4.96. The van der Waals surface area contributed by atoms with E-state index in [1.807, 2.05) is 31.2 Å². The third-order valence-electron chi connectivity index (χ3n) is 3.41. The molecular formula is C16H22N2O2. The zero-order chi connectivity index (χ0) is 14.2. The van der Waals surface area contributed by atoms with E-state index in [0.717, 1.165) is 11.4 Å². The number of amides is 2. The van der Waals surface area contributed by atoms with Gasteiger partial charge in [-0.05, 0) is 49.9 Å². The highest BCUT2D eigenvalue weighted by Gasteiger charge is 2.11. The predicted molar refractivity (Wildman–Crippen MR) is 80.9 cm³/mol. The van der Waals surface area contributed by atoms with Gasteiger partial charge in [-0.3, -0.25) is 0 Å². The first-order valence-electron chi connectivity index (χ1n) is 7.25. The molecule has 20 heavy (non-hydrogen) atoms. The molecule has 1 aliphatic carbocycles. The number of benzene rings is 1. The normalized spacial score (nSPS) is 15.4. The van der Waals surface area contributed by atoms with E-state index in [2.05, 4.69) is 16.7 Å². The Balaban J connectivity index is 1.75. The van der Waals surface area contributed by atoms with Crippen LogP contribution >= 0.6 is 0 Å². The van der Waals surface area contributed by atoms with Gasteiger partial charge in [-0.1, -0.05) is 18.9 Å². The fourth-order valence-corrected chi connectivity index (χ4v) is 2.38. The van der Waals surface area contributed by atoms with Crippen molar-refractivity contribution in [1.82, 2.24) is 5.32 Å². The number of carbonyl (C=O) groups is 1. The molecule has 1 aromatic carbocycles. The standard InChI is InChI=1S/C16H22N2O2/c1-2-20-15-9-7-14(8-10-15)18-16(19)17-12-11-13-5-3-4-6-13/h7-13H,2-6H2,1H3,(H2,17,18,19)/b12-11+. The highest BCUT2D eigenvalue weighted by atomic mass is 16.5. The van der Waals surface area contributed by atoms with Gasteiger partial charge in [0.1, 0.15) is 5.75 Å². The SMILES string of the molecule is CCOc1ccc(NC(=O)N/C=C/C2CCCC2)cc1. The molecule has 1 saturated carbocycles. The second kappa shape index (κ2) is 7.58. The van der Waals surface area contributed by atoms with Gasteiger partial charge >= 0.3 is 6.03 Å². The summed E-state index contributed by atoms with van der Waals surface area (Å²) >= 11 is 0. The molecule has 0 aliphatic heterocycles. The Bertz CT molecular complexity index is 448. The third kappa shape index (κ3) is 4.61. The summed E-state index contributed by atoms with van der Waals surface area (Å²) in [6.45, 7) is 2.58. The molecule has 4 nitrogen and oxygen atoms in total. The van der Waals surface area contributed by atoms with Crippen molar-refractivity contribution in [3.8, 4) is 5.75 Å². The lowest BCUT2D eigenvalue weighted by Gasteiger charge is -2.07. The van der Waals surface area contributed by atoms with Crippen molar-refractivity contribution in [3.63, 3.8) is 0 Å². The molecule has 2 rings (SSSR count). The van der Waals surface area contributed by atoms with E-state index in [0.29, 0.717) is 12.5 Å². The molecule has 0 unspecified atom stereocenters. The Morgan fingerprint density at radius 1 is 1.30 bits per heavy atom. The fraction of sp³-hybridized carbons (Fsp3) is 0.438. The van der Waals surface area contributed by atoms with Crippen LogP contribution < -0.4 is 15.4 Å². The number of ether oxygens (including phenoxy) is 1. The summed E-state index contributed by atoms with van der Waals surface area (Å²) in [6, 6.07) is 7.11. The first-order chi connectivity index (χ1) is 9.78. The highest BCUT2D eigenvalue weighted by molar-refractivity contribution is 5.89. The van der Waals surface area contributed by atoms with Crippen LogP contribution in [-0.2, 0) is 0 Å². The number of anilines is 1. The lowest BCUT2D eigenvalue weighted by atomic mass is 10.1. The van der Waals surface area contributed by atoms with E-state index in [1.54, 1.807) is 6.20 Å². The quantitative estimate of drug-likeness (QED) is 0.855. The molecule has 2 N–H and O–H groups in total. The maximum Gasteiger partial charge on any atom is 0.323 e. The smallest absolute Gasteiger partial charge is 0.323 e. The number of carbonyl (C=O) groups excluding carboxylic acids is 1. The van der Waals surface area contributed by atoms with Crippen LogP contribution in [0.2, 0.25) is 0 Å². The van der Waals surface area contributed by atoms with Crippen molar-refractivity contribution in [3.05, 3.63) is 36.5 Å². The summed E-state index contributed by atoms with van der Waals surface area (Å²) in [4.78, 5) is 11.7. The minimum absolute atomic E-state index is 0.219. The van der Waals surface area contributed by atoms with Crippen molar-refractivity contribution in [2.75, 3.05) is 11.9 Å². The van der Waals surface area contributed by atoms with Crippen LogP contribution in [0.15, 0.2) is 36.5 Å². The largest absolute Gasteiger partial charge is 0.494 e. The van der Waals surface area contributed by atoms with E-state index in [1.165, 1.54) is 25.7 Å². The molecule has 2 amide bonds. The zero-order valence-electron chi connectivity index (χ0n) is 11.9. The van der Waals surface area contributed by atoms with E-state index in [9.17, 15) is 4.79 Å². The maximum atomic E-state index is 11.7. The Labute approximate surface area is 120 Å². The van der Waals surface area contributed by atoms with Crippen molar-refractivity contribution in [2.24, 2.45) is 5.92 Å². The van der Waals surface area contributed by atoms with Gasteiger partial charge in [-0.25, -0.2) is 4.79 Å². The summed E-state index contributed by atoms with van der Waals surface area (Å²) in [6.07, 6.45) is 8.91. The van der Waals surface area contributed by atoms with Gasteiger partial charge in [0.25, 0.3) is 0 Å². The zero-order valence-corrected chi connectivity index (χ0v) is 11.9. The third-order valence-corrected chi connectivity index (χ3v) is 3.41. The molecule has 1 fully saturated rings. The lowest BCUT2D eigenvalue weighted by molar-refractivity contribution is 0.255. The van der Waals surface area contributed by atoms with Gasteiger partial charge < -0.3 is 15.4 Å². The van der Waals surface area contributed by atoms with Gasteiger partial charge in [-0.15, -0.1) is 0 Å². The summed E-state index contributed by atoms with van der Waals surface area (Å²) < 4.78 is 5.35. The molecule has 108 valence electrons. The van der Waals surface area contributed by atoms with Crippen molar-refractivity contribution in [1.29, 1.82) is 0 Å². The van der Waals surface area contributed by atoms with Gasteiger partial charge in [0, 0.05) is 11.9 Å². The predicted octanol–water partition coefficient (Wildman–Crippen LogP) is 3.91. The Morgan fingerprint density at radius 2 is 2.00 bits per heavy atom. The monoisotopic (exact) mass is 274 g/mol. The lowest BCUT2D eigenvalue weighted by Crippen LogP contribution is -2.23. The minimum Gasteiger partial charge on any atom is -0.494 e. The summed E-state index contributed by atoms with van der Waals surface area (Å²) in [5, 5.41) is 5.52. The topological polar surface area (TPSA) is 50.4 Å². The highest BCUT2D eigenvalue weighted by Crippen LogP contribution is 2.25. The molecular weight excluding hydrogens is 252 g/mol. The van der Waals surface area contributed by atoms with E-state index in [4.69, 9.17) is 4.74 Å². The van der Waals surface area contributed by atoms with E-state index >= 15 is 0 Å². The molecule has 0 radical (unpaired) electrons. The number of hydrogen-bond acceptors (Lipinski definition) is 2. The molecule has 0 spiro atoms. The average molecular weight is 274 g/mol. The number of allylic oxidation sites excluding steroid dienone is 1. The van der Waals surface area contributed by atoms with Crippen molar-refractivity contribution >= 4 is 11.7 Å². The summed E-state index contributed by atoms with van der Waals surface area (Å²) in [5.74, 6) is 1.43. The molecule has 4 heteroatoms. The average Bonchev–Trinajstić information content (AvgIpc) is 2.94. The van der Waals surface area contributed by atoms with Gasteiger partial charge in [0.2, 0.25) is 0 Å². The number of rotatable bonds is 5. The van der Waals surface area contributed by atoms with Crippen LogP contribution in [0.1, 0.15) is 32.6 Å². The second-order valence-electron chi connectivity index (χ2n) is 4.96. The molecule has 0 saturated heterocycles. The van der Waals surface area contributed by atoms with Crippen LogP contribution in [0.4, 0.5) is 10.5 Å². The molecule has 1 aliphatic rings. The minimum atomic E-state index is -0.219. The number of urea groups is 1. The molecule has 0 atom stereocenters. The van der Waals surface area contributed by atoms with Gasteiger partial charge in [-0.2, -0.15) is 0 Å². The van der Waals surface area contributed by atoms with Crippen molar-refractivity contribution in [2.45, 2.75) is 32.6 Å². The molecule has 0 aromatic heterocycles. The molecule has 1 aromatic rings. The fourth-order valence-electron chi connectivity index (χ4n) is 2.38. The summed E-state index contributed by atoms with van der Waals surface area (Å²) in [7, 11) is 0. The molecule has 0 bridgehead atoms. The first kappa shape index (κ1) is 14.4. The van der Waals surface area contributed by atoms with E-state index in [-0.39, 0.29) is 6.03 Å². The van der Waals surface area contributed by atoms with Crippen LogP contribution in [0.3, 0.4) is 0 Å². The number of hydrogen-bond donors (Lipinski definition) is 2. The Hall–Kier alpha value is -1.97. The number of nitrogens with one attached hydrogen (secondary N) is 2.